The number of carbonyl (C=O) groups is 2. The maximum absolute atomic E-state index is 13.0. The first kappa shape index (κ1) is 19.7. The van der Waals surface area contributed by atoms with Crippen LogP contribution in [0.2, 0.25) is 0 Å². The molecule has 0 bridgehead atoms. The average Bonchev–Trinajstić information content (AvgIpc) is 2.75. The molecule has 2 amide bonds. The van der Waals surface area contributed by atoms with Gasteiger partial charge in [-0.2, -0.15) is 0 Å². The van der Waals surface area contributed by atoms with Crippen molar-refractivity contribution in [2.24, 2.45) is 0 Å². The maximum atomic E-state index is 13.0. The first-order valence-corrected chi connectivity index (χ1v) is 9.48. The van der Waals surface area contributed by atoms with E-state index in [1.165, 1.54) is 0 Å². The van der Waals surface area contributed by atoms with Gasteiger partial charge in [-0.1, -0.05) is 13.0 Å². The van der Waals surface area contributed by atoms with Crippen LogP contribution in [0.25, 0.3) is 0 Å². The van der Waals surface area contributed by atoms with E-state index < -0.39 is 0 Å². The molecule has 28 heavy (non-hydrogen) atoms. The Bertz CT molecular complexity index is 879. The van der Waals surface area contributed by atoms with E-state index in [2.05, 4.69) is 5.32 Å². The van der Waals surface area contributed by atoms with Gasteiger partial charge in [0, 0.05) is 30.8 Å². The number of fused-ring (bicyclic) bond motifs is 1. The lowest BCUT2D eigenvalue weighted by molar-refractivity contribution is 0.0734. The Kier molecular flexibility index (Phi) is 6.19. The van der Waals surface area contributed by atoms with Crippen LogP contribution in [0.3, 0.4) is 0 Å². The highest BCUT2D eigenvalue weighted by molar-refractivity contribution is 5.99. The van der Waals surface area contributed by atoms with Gasteiger partial charge in [0.2, 0.25) is 0 Å². The molecule has 0 unspecified atom stereocenters. The standard InChI is InChI=1S/C22H26N2O4/c1-4-9-23-21(25)16-6-5-7-17(11-16)22(26)24-10-8-15-12-19(27-2)20(28-3)13-18(15)14-24/h5-7,11-13H,4,8-10,14H2,1-3H3,(H,23,25). The van der Waals surface area contributed by atoms with Crippen LogP contribution in [0.5, 0.6) is 11.5 Å². The van der Waals surface area contributed by atoms with E-state index >= 15 is 0 Å². The summed E-state index contributed by atoms with van der Waals surface area (Å²) < 4.78 is 10.8. The molecule has 0 saturated heterocycles. The molecular weight excluding hydrogens is 356 g/mol. The van der Waals surface area contributed by atoms with Crippen LogP contribution in [0.15, 0.2) is 36.4 Å². The highest BCUT2D eigenvalue weighted by Gasteiger charge is 2.24. The van der Waals surface area contributed by atoms with Crippen molar-refractivity contribution in [3.63, 3.8) is 0 Å². The van der Waals surface area contributed by atoms with Crippen LogP contribution in [-0.2, 0) is 13.0 Å². The topological polar surface area (TPSA) is 67.9 Å². The maximum Gasteiger partial charge on any atom is 0.254 e. The van der Waals surface area contributed by atoms with Crippen molar-refractivity contribution in [2.45, 2.75) is 26.3 Å². The van der Waals surface area contributed by atoms with Crippen molar-refractivity contribution in [1.29, 1.82) is 0 Å². The van der Waals surface area contributed by atoms with Crippen molar-refractivity contribution >= 4 is 11.8 Å². The number of methoxy groups -OCH3 is 2. The number of nitrogens with one attached hydrogen (secondary N) is 1. The summed E-state index contributed by atoms with van der Waals surface area (Å²) in [7, 11) is 3.22. The SMILES string of the molecule is CCCNC(=O)c1cccc(C(=O)N2CCc3cc(OC)c(OC)cc3C2)c1. The molecule has 1 aliphatic rings. The second-order valence-corrected chi connectivity index (χ2v) is 6.79. The zero-order chi connectivity index (χ0) is 20.1. The minimum atomic E-state index is -0.155. The number of hydrogen-bond acceptors (Lipinski definition) is 4. The largest absolute Gasteiger partial charge is 0.493 e. The molecule has 1 N–H and O–H groups in total. The van der Waals surface area contributed by atoms with Crippen molar-refractivity contribution < 1.29 is 19.1 Å². The van der Waals surface area contributed by atoms with E-state index in [1.807, 2.05) is 19.1 Å². The van der Waals surface area contributed by atoms with E-state index in [1.54, 1.807) is 43.4 Å². The van der Waals surface area contributed by atoms with Gasteiger partial charge in [-0.15, -0.1) is 0 Å². The van der Waals surface area contributed by atoms with Crippen molar-refractivity contribution in [3.8, 4) is 11.5 Å². The fourth-order valence-electron chi connectivity index (χ4n) is 3.37. The fourth-order valence-corrected chi connectivity index (χ4v) is 3.37. The molecule has 1 aliphatic heterocycles. The number of benzene rings is 2. The molecule has 0 aliphatic carbocycles. The molecule has 1 heterocycles. The summed E-state index contributed by atoms with van der Waals surface area (Å²) >= 11 is 0. The van der Waals surface area contributed by atoms with E-state index in [-0.39, 0.29) is 11.8 Å². The quantitative estimate of drug-likeness (QED) is 0.834. The van der Waals surface area contributed by atoms with E-state index in [0.717, 1.165) is 24.0 Å². The third kappa shape index (κ3) is 4.11. The fraction of sp³-hybridized carbons (Fsp3) is 0.364. The molecule has 2 aromatic rings. The third-order valence-electron chi connectivity index (χ3n) is 4.91. The highest BCUT2D eigenvalue weighted by atomic mass is 16.5. The summed E-state index contributed by atoms with van der Waals surface area (Å²) in [5.41, 5.74) is 3.24. The predicted molar refractivity (Wildman–Crippen MR) is 107 cm³/mol. The second-order valence-electron chi connectivity index (χ2n) is 6.79. The number of amides is 2. The Morgan fingerprint density at radius 1 is 1.04 bits per heavy atom. The molecule has 6 nitrogen and oxygen atoms in total. The molecule has 0 spiro atoms. The average molecular weight is 382 g/mol. The van der Waals surface area contributed by atoms with Crippen LogP contribution < -0.4 is 14.8 Å². The van der Waals surface area contributed by atoms with Crippen LogP contribution in [0.1, 0.15) is 45.2 Å². The lowest BCUT2D eigenvalue weighted by atomic mass is 9.98. The molecule has 0 aromatic heterocycles. The first-order valence-electron chi connectivity index (χ1n) is 9.48. The monoisotopic (exact) mass is 382 g/mol. The van der Waals surface area contributed by atoms with E-state index in [4.69, 9.17) is 9.47 Å². The van der Waals surface area contributed by atoms with Crippen LogP contribution >= 0.6 is 0 Å². The Labute approximate surface area is 165 Å². The summed E-state index contributed by atoms with van der Waals surface area (Å²) in [5.74, 6) is 1.12. The summed E-state index contributed by atoms with van der Waals surface area (Å²) in [4.78, 5) is 27.0. The smallest absolute Gasteiger partial charge is 0.254 e. The van der Waals surface area contributed by atoms with Gasteiger partial charge >= 0.3 is 0 Å². The molecule has 2 aromatic carbocycles. The molecular formula is C22H26N2O4. The van der Waals surface area contributed by atoms with E-state index in [0.29, 0.717) is 42.3 Å². The number of nitrogens with zero attached hydrogens (tertiary/aromatic N) is 1. The van der Waals surface area contributed by atoms with Crippen LogP contribution in [0, 0.1) is 0 Å². The van der Waals surface area contributed by atoms with Gasteiger partial charge in [0.05, 0.1) is 14.2 Å². The third-order valence-corrected chi connectivity index (χ3v) is 4.91. The zero-order valence-corrected chi connectivity index (χ0v) is 16.6. The summed E-state index contributed by atoms with van der Waals surface area (Å²) in [6, 6.07) is 10.8. The number of rotatable bonds is 6. The van der Waals surface area contributed by atoms with Gasteiger partial charge < -0.3 is 19.7 Å². The lowest BCUT2D eigenvalue weighted by Crippen LogP contribution is -2.36. The second kappa shape index (κ2) is 8.78. The summed E-state index contributed by atoms with van der Waals surface area (Å²) in [5, 5.41) is 2.84. The van der Waals surface area contributed by atoms with Gasteiger partial charge in [0.15, 0.2) is 11.5 Å². The number of ether oxygens (including phenoxy) is 2. The molecule has 0 atom stereocenters. The number of carbonyl (C=O) groups excluding carboxylic acids is 2. The van der Waals surface area contributed by atoms with Gasteiger partial charge in [0.1, 0.15) is 0 Å². The molecule has 0 radical (unpaired) electrons. The number of hydrogen-bond donors (Lipinski definition) is 1. The molecule has 6 heteroatoms. The van der Waals surface area contributed by atoms with Gasteiger partial charge in [-0.05, 0) is 54.3 Å². The minimum Gasteiger partial charge on any atom is -0.493 e. The lowest BCUT2D eigenvalue weighted by Gasteiger charge is -2.29. The summed E-state index contributed by atoms with van der Waals surface area (Å²) in [6.45, 7) is 3.73. The first-order chi connectivity index (χ1) is 13.6. The normalized spacial score (nSPS) is 12.9. The molecule has 148 valence electrons. The van der Waals surface area contributed by atoms with Gasteiger partial charge in [-0.3, -0.25) is 9.59 Å². The van der Waals surface area contributed by atoms with Gasteiger partial charge in [-0.25, -0.2) is 0 Å². The van der Waals surface area contributed by atoms with Crippen molar-refractivity contribution in [1.82, 2.24) is 10.2 Å². The Morgan fingerprint density at radius 2 is 1.71 bits per heavy atom. The Hall–Kier alpha value is -3.02. The van der Waals surface area contributed by atoms with Crippen LogP contribution in [0.4, 0.5) is 0 Å². The molecule has 3 rings (SSSR count). The van der Waals surface area contributed by atoms with Crippen molar-refractivity contribution in [3.05, 3.63) is 58.7 Å². The molecule has 0 saturated carbocycles. The summed E-state index contributed by atoms with van der Waals surface area (Å²) in [6.07, 6.45) is 1.61. The molecule has 0 fully saturated rings. The van der Waals surface area contributed by atoms with Gasteiger partial charge in [0.25, 0.3) is 11.8 Å². The predicted octanol–water partition coefficient (Wildman–Crippen LogP) is 3.04. The van der Waals surface area contributed by atoms with E-state index in [9.17, 15) is 9.59 Å². The Morgan fingerprint density at radius 3 is 2.39 bits per heavy atom. The Balaban J connectivity index is 1.78. The highest BCUT2D eigenvalue weighted by Crippen LogP contribution is 2.33. The zero-order valence-electron chi connectivity index (χ0n) is 16.6. The van der Waals surface area contributed by atoms with Crippen LogP contribution in [-0.4, -0.2) is 44.0 Å². The minimum absolute atomic E-state index is 0.0782. The van der Waals surface area contributed by atoms with Crippen molar-refractivity contribution in [2.75, 3.05) is 27.3 Å².